The zero-order chi connectivity index (χ0) is 31.5. The Hall–Kier alpha value is -4.02. The molecule has 0 heterocycles. The summed E-state index contributed by atoms with van der Waals surface area (Å²) in [6.45, 7) is 7.33. The lowest BCUT2D eigenvalue weighted by atomic mass is 9.83. The van der Waals surface area contributed by atoms with Gasteiger partial charge in [-0.25, -0.2) is 10.1 Å². The van der Waals surface area contributed by atoms with Crippen molar-refractivity contribution >= 4 is 22.4 Å². The van der Waals surface area contributed by atoms with Crippen LogP contribution in [0.5, 0.6) is 0 Å². The van der Waals surface area contributed by atoms with Crippen molar-refractivity contribution in [2.75, 3.05) is 6.54 Å². The number of hydrogen-bond donors (Lipinski definition) is 1. The molecule has 0 radical (unpaired) electrons. The van der Waals surface area contributed by atoms with Crippen molar-refractivity contribution in [2.45, 2.75) is 74.7 Å². The fourth-order valence-electron chi connectivity index (χ4n) is 4.95. The van der Waals surface area contributed by atoms with E-state index in [1.807, 2.05) is 12.1 Å². The zero-order valence-corrected chi connectivity index (χ0v) is 23.8. The summed E-state index contributed by atoms with van der Waals surface area (Å²) in [6, 6.07) is 8.48. The van der Waals surface area contributed by atoms with Gasteiger partial charge in [-0.3, -0.25) is 0 Å². The van der Waals surface area contributed by atoms with E-state index in [-0.39, 0.29) is 52.9 Å². The first-order valence-corrected chi connectivity index (χ1v) is 15.5. The first-order chi connectivity index (χ1) is 19.9. The Bertz CT molecular complexity index is 1300. The maximum atomic E-state index is 13.6. The first-order valence-electron chi connectivity index (χ1n) is 12.7. The molecule has 0 bridgehead atoms. The van der Waals surface area contributed by atoms with E-state index < -0.39 is 63.4 Å². The van der Waals surface area contributed by atoms with Crippen LogP contribution in [0.2, 0.25) is 0 Å². The molecule has 0 aliphatic heterocycles. The van der Waals surface area contributed by atoms with Crippen molar-refractivity contribution in [3.05, 3.63) is 56.2 Å². The van der Waals surface area contributed by atoms with Crippen molar-refractivity contribution in [3.63, 3.8) is 0 Å². The molecule has 2 aliphatic carbocycles. The molecule has 15 heteroatoms. The molecule has 42 heavy (non-hydrogen) atoms. The molecule has 2 aliphatic rings. The molecule has 0 aromatic carbocycles. The van der Waals surface area contributed by atoms with Crippen molar-refractivity contribution < 1.29 is 23.3 Å². The summed E-state index contributed by atoms with van der Waals surface area (Å²) < 4.78 is 81.5. The van der Waals surface area contributed by atoms with Crippen LogP contribution >= 0.6 is 22.4 Å². The molecule has 0 aromatic heterocycles. The summed E-state index contributed by atoms with van der Waals surface area (Å²) in [4.78, 5) is 2.99. The van der Waals surface area contributed by atoms with Crippen molar-refractivity contribution in [1.82, 2.24) is 5.32 Å². The number of nitriles is 5. The van der Waals surface area contributed by atoms with Gasteiger partial charge in [0.2, 0.25) is 22.4 Å². The summed E-state index contributed by atoms with van der Waals surface area (Å²) in [6.07, 6.45) is 1.15. The molecule has 2 unspecified atom stereocenters. The average Bonchev–Trinajstić information content (AvgIpc) is 2.94. The van der Waals surface area contributed by atoms with Gasteiger partial charge in [-0.1, -0.05) is 24.8 Å². The standard InChI is InChI=1S/C27H25F6N7S2/c1-39-27(17-38)23-11-21(42(31,32)33)12-26(25(23)16-37)40-8-6-4-2-3-5-7-18-9-20(41(28,29)30)10-22(24(18)15-36)19(13-34)14-35/h20-21,40H,2-12H2/b27-23+. The van der Waals surface area contributed by atoms with E-state index in [2.05, 4.69) is 10.2 Å². The number of allylic oxidation sites excluding steroid dienone is 8. The average molecular weight is 626 g/mol. The second-order valence-electron chi connectivity index (χ2n) is 9.57. The minimum atomic E-state index is -5.51. The fourth-order valence-corrected chi connectivity index (χ4v) is 6.41. The van der Waals surface area contributed by atoms with Crippen LogP contribution in [-0.4, -0.2) is 17.0 Å². The summed E-state index contributed by atoms with van der Waals surface area (Å²) in [5, 5.41) is 46.0. The maximum absolute atomic E-state index is 13.6. The van der Waals surface area contributed by atoms with E-state index in [0.29, 0.717) is 32.1 Å². The molecule has 0 amide bonds. The molecule has 2 atom stereocenters. The Balaban J connectivity index is 2.00. The minimum Gasteiger partial charge on any atom is -0.387 e. The van der Waals surface area contributed by atoms with Gasteiger partial charge in [0.05, 0.1) is 46.4 Å². The van der Waals surface area contributed by atoms with Crippen LogP contribution in [0.1, 0.15) is 64.2 Å². The predicted octanol–water partition coefficient (Wildman–Crippen LogP) is 8.80. The number of rotatable bonds is 11. The van der Waals surface area contributed by atoms with Crippen molar-refractivity contribution in [1.29, 1.82) is 26.3 Å². The topological polar surface area (TPSA) is 135 Å². The van der Waals surface area contributed by atoms with E-state index in [9.17, 15) is 33.8 Å². The fraction of sp³-hybridized carbons (Fsp3) is 0.481. The highest BCUT2D eigenvalue weighted by molar-refractivity contribution is 8.21. The molecule has 1 N–H and O–H groups in total. The van der Waals surface area contributed by atoms with Gasteiger partial charge in [0.15, 0.2) is 0 Å². The number of hydrogen-bond acceptors (Lipinski definition) is 6. The van der Waals surface area contributed by atoms with Crippen LogP contribution < -0.4 is 5.32 Å². The van der Waals surface area contributed by atoms with Gasteiger partial charge >= 0.3 is 0 Å². The molecule has 0 saturated heterocycles. The third-order valence-corrected chi connectivity index (χ3v) is 9.21. The van der Waals surface area contributed by atoms with Gasteiger partial charge < -0.3 is 5.32 Å². The van der Waals surface area contributed by atoms with Gasteiger partial charge in [0.1, 0.15) is 17.7 Å². The van der Waals surface area contributed by atoms with Crippen molar-refractivity contribution in [2.24, 2.45) is 0 Å². The summed E-state index contributed by atoms with van der Waals surface area (Å²) in [7, 11) is 0. The van der Waals surface area contributed by atoms with Crippen LogP contribution in [0.25, 0.3) is 4.85 Å². The summed E-state index contributed by atoms with van der Waals surface area (Å²) in [5.41, 5.74) is -1.16. The lowest BCUT2D eigenvalue weighted by Crippen LogP contribution is -2.27. The van der Waals surface area contributed by atoms with E-state index in [1.54, 1.807) is 18.2 Å². The Labute approximate surface area is 244 Å². The summed E-state index contributed by atoms with van der Waals surface area (Å²) in [5.74, 6) is 0. The predicted molar refractivity (Wildman–Crippen MR) is 146 cm³/mol. The maximum Gasteiger partial charge on any atom is 0.266 e. The highest BCUT2D eigenvalue weighted by Crippen LogP contribution is 2.63. The van der Waals surface area contributed by atoms with Crippen molar-refractivity contribution in [3.8, 4) is 30.3 Å². The lowest BCUT2D eigenvalue weighted by Gasteiger charge is -2.30. The molecule has 7 nitrogen and oxygen atoms in total. The molecule has 0 spiro atoms. The highest BCUT2D eigenvalue weighted by Gasteiger charge is 2.41. The van der Waals surface area contributed by atoms with E-state index in [0.717, 1.165) is 0 Å². The quantitative estimate of drug-likeness (QED) is 0.105. The number of halogens is 6. The Kier molecular flexibility index (Phi) is 12.4. The van der Waals surface area contributed by atoms with Crippen LogP contribution in [0.3, 0.4) is 0 Å². The third kappa shape index (κ3) is 8.74. The highest BCUT2D eigenvalue weighted by atomic mass is 32.3. The van der Waals surface area contributed by atoms with E-state index in [4.69, 9.17) is 22.4 Å². The van der Waals surface area contributed by atoms with Gasteiger partial charge in [0, 0.05) is 18.7 Å². The molecule has 0 aromatic rings. The van der Waals surface area contributed by atoms with Crippen LogP contribution in [0.15, 0.2) is 44.8 Å². The smallest absolute Gasteiger partial charge is 0.266 e. The Morgan fingerprint density at radius 1 is 0.738 bits per heavy atom. The number of nitrogens with zero attached hydrogens (tertiary/aromatic N) is 6. The zero-order valence-electron chi connectivity index (χ0n) is 22.2. The SMILES string of the molecule is [C-]#[N+]/C(C#N)=C1\CC(S(F)(F)F)CC(NCCCCCCCC2=C(C#N)C(=C(C#N)C#N)CC(S(F)(F)F)C2)=C1C#N. The van der Waals surface area contributed by atoms with Crippen LogP contribution in [0.4, 0.5) is 23.3 Å². The molecule has 222 valence electrons. The van der Waals surface area contributed by atoms with Gasteiger partial charge in [-0.05, 0) is 49.7 Å². The third-order valence-electron chi connectivity index (χ3n) is 7.03. The second-order valence-corrected chi connectivity index (χ2v) is 12.7. The Morgan fingerprint density at radius 2 is 1.29 bits per heavy atom. The van der Waals surface area contributed by atoms with Gasteiger partial charge in [-0.2, -0.15) is 21.0 Å². The van der Waals surface area contributed by atoms with Gasteiger partial charge in [-0.15, -0.1) is 23.3 Å². The Morgan fingerprint density at radius 3 is 1.81 bits per heavy atom. The minimum absolute atomic E-state index is 0.0172. The van der Waals surface area contributed by atoms with E-state index >= 15 is 0 Å². The van der Waals surface area contributed by atoms with Crippen LogP contribution in [-0.2, 0) is 0 Å². The molecule has 2 rings (SSSR count). The number of nitrogens with one attached hydrogen (secondary N) is 1. The lowest BCUT2D eigenvalue weighted by molar-refractivity contribution is 0.552. The largest absolute Gasteiger partial charge is 0.387 e. The number of unbranched alkanes of at least 4 members (excludes halogenated alkanes) is 4. The monoisotopic (exact) mass is 625 g/mol. The van der Waals surface area contributed by atoms with Gasteiger partial charge in [0.25, 0.3) is 5.70 Å². The molecule has 0 saturated carbocycles. The normalized spacial score (nSPS) is 21.1. The van der Waals surface area contributed by atoms with E-state index in [1.165, 1.54) is 0 Å². The van der Waals surface area contributed by atoms with Crippen LogP contribution in [0, 0.1) is 63.2 Å². The molecule has 0 fully saturated rings. The molecular weight excluding hydrogens is 600 g/mol. The first kappa shape index (κ1) is 34.2. The summed E-state index contributed by atoms with van der Waals surface area (Å²) >= 11 is -11.0. The second kappa shape index (κ2) is 15.3. The molecular formula is C27H25F6N7S2.